The van der Waals surface area contributed by atoms with Crippen molar-refractivity contribution in [3.8, 4) is 0 Å². The van der Waals surface area contributed by atoms with Crippen LogP contribution in [-0.2, 0) is 11.2 Å². The standard InChI is InChI=1S/C15H20ClNO3/c1-14(2,3)20-13(18)17-9-15(19,10-17)8-11-5-4-6-12(16)7-11/h4-7,19H,8-10H2,1-3H3. The molecule has 0 aliphatic carbocycles. The van der Waals surface area contributed by atoms with Crippen LogP contribution < -0.4 is 0 Å². The highest BCUT2D eigenvalue weighted by molar-refractivity contribution is 6.30. The maximum Gasteiger partial charge on any atom is 0.410 e. The second kappa shape index (κ2) is 5.26. The largest absolute Gasteiger partial charge is 0.444 e. The van der Waals surface area contributed by atoms with Crippen LogP contribution in [0.5, 0.6) is 0 Å². The monoisotopic (exact) mass is 297 g/mol. The number of nitrogens with zero attached hydrogens (tertiary/aromatic N) is 1. The minimum atomic E-state index is -0.887. The molecule has 0 aromatic heterocycles. The topological polar surface area (TPSA) is 49.8 Å². The zero-order valence-corrected chi connectivity index (χ0v) is 12.8. The van der Waals surface area contributed by atoms with Gasteiger partial charge in [-0.2, -0.15) is 0 Å². The Kier molecular flexibility index (Phi) is 3.98. The summed E-state index contributed by atoms with van der Waals surface area (Å²) in [6, 6.07) is 7.39. The molecule has 110 valence electrons. The van der Waals surface area contributed by atoms with Crippen LogP contribution in [0.1, 0.15) is 26.3 Å². The van der Waals surface area contributed by atoms with Crippen molar-refractivity contribution >= 4 is 17.7 Å². The van der Waals surface area contributed by atoms with E-state index in [0.29, 0.717) is 11.4 Å². The van der Waals surface area contributed by atoms with Gasteiger partial charge in [-0.1, -0.05) is 23.7 Å². The van der Waals surface area contributed by atoms with Crippen molar-refractivity contribution in [1.29, 1.82) is 0 Å². The average molecular weight is 298 g/mol. The number of benzene rings is 1. The molecule has 1 aliphatic rings. The molecule has 20 heavy (non-hydrogen) atoms. The fourth-order valence-corrected chi connectivity index (χ4v) is 2.47. The quantitative estimate of drug-likeness (QED) is 0.913. The lowest BCUT2D eigenvalue weighted by molar-refractivity contribution is -0.0973. The zero-order chi connectivity index (χ0) is 15.0. The maximum absolute atomic E-state index is 11.8. The van der Waals surface area contributed by atoms with Crippen molar-refractivity contribution in [2.75, 3.05) is 13.1 Å². The number of amides is 1. The molecule has 5 heteroatoms. The molecule has 0 bridgehead atoms. The van der Waals surface area contributed by atoms with E-state index in [1.165, 1.54) is 4.90 Å². The van der Waals surface area contributed by atoms with Gasteiger partial charge in [-0.3, -0.25) is 0 Å². The van der Waals surface area contributed by atoms with Crippen molar-refractivity contribution in [1.82, 2.24) is 4.90 Å². The third kappa shape index (κ3) is 3.87. The van der Waals surface area contributed by atoms with Gasteiger partial charge in [0.15, 0.2) is 0 Å². The molecular weight excluding hydrogens is 278 g/mol. The molecule has 0 saturated carbocycles. The van der Waals surface area contributed by atoms with Gasteiger partial charge in [0.1, 0.15) is 11.2 Å². The van der Waals surface area contributed by atoms with E-state index < -0.39 is 11.2 Å². The van der Waals surface area contributed by atoms with Gasteiger partial charge in [0.25, 0.3) is 0 Å². The van der Waals surface area contributed by atoms with Crippen molar-refractivity contribution in [2.24, 2.45) is 0 Å². The molecule has 1 N–H and O–H groups in total. The summed E-state index contributed by atoms with van der Waals surface area (Å²) in [5.41, 5.74) is -0.442. The molecule has 1 aromatic rings. The summed E-state index contributed by atoms with van der Waals surface area (Å²) in [5, 5.41) is 11.0. The predicted octanol–water partition coefficient (Wildman–Crippen LogP) is 2.86. The minimum absolute atomic E-state index is 0.286. The number of carbonyl (C=O) groups is 1. The number of hydrogen-bond donors (Lipinski definition) is 1. The fraction of sp³-hybridized carbons (Fsp3) is 0.533. The number of aliphatic hydroxyl groups is 1. The Bertz CT molecular complexity index is 504. The first-order valence-electron chi connectivity index (χ1n) is 6.62. The second-order valence-corrected chi connectivity index (χ2v) is 6.80. The van der Waals surface area contributed by atoms with Crippen LogP contribution in [0.15, 0.2) is 24.3 Å². The lowest BCUT2D eigenvalue weighted by atomic mass is 9.87. The molecule has 1 saturated heterocycles. The van der Waals surface area contributed by atoms with Crippen molar-refractivity contribution in [2.45, 2.75) is 38.4 Å². The van der Waals surface area contributed by atoms with Crippen LogP contribution in [-0.4, -0.2) is 40.4 Å². The third-order valence-electron chi connectivity index (χ3n) is 3.04. The van der Waals surface area contributed by atoms with Crippen LogP contribution in [0.25, 0.3) is 0 Å². The molecule has 2 rings (SSSR count). The first-order chi connectivity index (χ1) is 9.17. The molecule has 1 aromatic carbocycles. The Morgan fingerprint density at radius 1 is 1.45 bits per heavy atom. The van der Waals surface area contributed by atoms with Crippen molar-refractivity contribution in [3.63, 3.8) is 0 Å². The van der Waals surface area contributed by atoms with E-state index in [4.69, 9.17) is 16.3 Å². The van der Waals surface area contributed by atoms with Crippen LogP contribution >= 0.6 is 11.6 Å². The molecule has 0 atom stereocenters. The number of β-amino-alcohol motifs (C(OH)–C–C–N with tert-alkyl or cyclic N) is 1. The summed E-state index contributed by atoms with van der Waals surface area (Å²) in [7, 11) is 0. The van der Waals surface area contributed by atoms with E-state index in [1.54, 1.807) is 6.07 Å². The number of likely N-dealkylation sites (tertiary alicyclic amines) is 1. The Hall–Kier alpha value is -1.26. The molecule has 1 amide bonds. The van der Waals surface area contributed by atoms with Crippen molar-refractivity contribution in [3.05, 3.63) is 34.9 Å². The highest BCUT2D eigenvalue weighted by Crippen LogP contribution is 2.27. The Labute approximate surface area is 124 Å². The summed E-state index contributed by atoms with van der Waals surface area (Å²) in [5.74, 6) is 0. The van der Waals surface area contributed by atoms with Gasteiger partial charge >= 0.3 is 6.09 Å². The maximum atomic E-state index is 11.8. The minimum Gasteiger partial charge on any atom is -0.444 e. The number of ether oxygens (including phenoxy) is 1. The van der Waals surface area contributed by atoms with Crippen LogP contribution in [0.3, 0.4) is 0 Å². The predicted molar refractivity (Wildman–Crippen MR) is 77.9 cm³/mol. The summed E-state index contributed by atoms with van der Waals surface area (Å²) < 4.78 is 5.26. The van der Waals surface area contributed by atoms with Gasteiger partial charge in [0.05, 0.1) is 13.1 Å². The molecule has 0 radical (unpaired) electrons. The lowest BCUT2D eigenvalue weighted by Crippen LogP contribution is -2.65. The summed E-state index contributed by atoms with van der Waals surface area (Å²) in [4.78, 5) is 13.3. The molecule has 1 fully saturated rings. The molecule has 4 nitrogen and oxygen atoms in total. The summed E-state index contributed by atoms with van der Waals surface area (Å²) >= 11 is 5.92. The highest BCUT2D eigenvalue weighted by atomic mass is 35.5. The van der Waals surface area contributed by atoms with E-state index in [-0.39, 0.29) is 19.2 Å². The van der Waals surface area contributed by atoms with E-state index in [2.05, 4.69) is 0 Å². The first-order valence-corrected chi connectivity index (χ1v) is 6.99. The van der Waals surface area contributed by atoms with E-state index in [0.717, 1.165) is 5.56 Å². The number of carbonyl (C=O) groups excluding carboxylic acids is 1. The van der Waals surface area contributed by atoms with Gasteiger partial charge in [-0.25, -0.2) is 4.79 Å². The summed E-state index contributed by atoms with van der Waals surface area (Å²) in [6.07, 6.45) is 0.0978. The first kappa shape index (κ1) is 15.1. The normalized spacial score (nSPS) is 17.6. The summed E-state index contributed by atoms with van der Waals surface area (Å²) in [6.45, 7) is 6.04. The van der Waals surface area contributed by atoms with Gasteiger partial charge in [-0.15, -0.1) is 0 Å². The van der Waals surface area contributed by atoms with Crippen LogP contribution in [0, 0.1) is 0 Å². The molecule has 1 heterocycles. The molecular formula is C15H20ClNO3. The number of rotatable bonds is 2. The number of halogens is 1. The number of hydrogen-bond acceptors (Lipinski definition) is 3. The third-order valence-corrected chi connectivity index (χ3v) is 3.28. The molecule has 1 aliphatic heterocycles. The molecule has 0 spiro atoms. The van der Waals surface area contributed by atoms with E-state index >= 15 is 0 Å². The smallest absolute Gasteiger partial charge is 0.410 e. The van der Waals surface area contributed by atoms with Gasteiger partial charge in [-0.05, 0) is 38.5 Å². The SMILES string of the molecule is CC(C)(C)OC(=O)N1CC(O)(Cc2cccc(Cl)c2)C1. The van der Waals surface area contributed by atoms with Gasteiger partial charge in [0.2, 0.25) is 0 Å². The molecule has 0 unspecified atom stereocenters. The Morgan fingerprint density at radius 3 is 2.65 bits per heavy atom. The van der Waals surface area contributed by atoms with E-state index in [9.17, 15) is 9.90 Å². The second-order valence-electron chi connectivity index (χ2n) is 6.37. The van der Waals surface area contributed by atoms with Gasteiger partial charge < -0.3 is 14.7 Å². The van der Waals surface area contributed by atoms with Crippen LogP contribution in [0.4, 0.5) is 4.79 Å². The van der Waals surface area contributed by atoms with Crippen molar-refractivity contribution < 1.29 is 14.6 Å². The Balaban J connectivity index is 1.89. The fourth-order valence-electron chi connectivity index (χ4n) is 2.26. The Morgan fingerprint density at radius 2 is 2.10 bits per heavy atom. The average Bonchev–Trinajstić information content (AvgIpc) is 2.23. The van der Waals surface area contributed by atoms with E-state index in [1.807, 2.05) is 39.0 Å². The lowest BCUT2D eigenvalue weighted by Gasteiger charge is -2.46. The van der Waals surface area contributed by atoms with Crippen LogP contribution in [0.2, 0.25) is 5.02 Å². The highest BCUT2D eigenvalue weighted by Gasteiger charge is 2.45. The zero-order valence-electron chi connectivity index (χ0n) is 12.0. The van der Waals surface area contributed by atoms with Gasteiger partial charge in [0, 0.05) is 11.4 Å².